The molecule has 1 atom stereocenters. The first-order chi connectivity index (χ1) is 16.5. The molecule has 2 aromatic carbocycles. The van der Waals surface area contributed by atoms with Crippen molar-refractivity contribution in [3.05, 3.63) is 66.2 Å². The van der Waals surface area contributed by atoms with E-state index in [1.165, 1.54) is 0 Å². The highest BCUT2D eigenvalue weighted by molar-refractivity contribution is 5.96. The Labute approximate surface area is 200 Å². The molecule has 8 nitrogen and oxygen atoms in total. The van der Waals surface area contributed by atoms with Gasteiger partial charge in [-0.2, -0.15) is 13.2 Å². The van der Waals surface area contributed by atoms with Crippen LogP contribution in [0, 0.1) is 0 Å². The molecule has 2 aliphatic heterocycles. The Morgan fingerprint density at radius 2 is 1.60 bits per heavy atom. The summed E-state index contributed by atoms with van der Waals surface area (Å²) < 4.78 is 31.7. The molecular formula is C24H27F3N4O4. The van der Waals surface area contributed by atoms with Crippen molar-refractivity contribution in [2.75, 3.05) is 38.1 Å². The maximum absolute atomic E-state index is 12.7. The number of halogens is 3. The molecule has 2 N–H and O–H groups in total. The second-order valence-corrected chi connectivity index (χ2v) is 8.51. The topological polar surface area (TPSA) is 93.2 Å². The average Bonchev–Trinajstić information content (AvgIpc) is 3.26. The number of urea groups is 1. The standard InChI is InChI=1S/C22H26N4O2.C2HF3O2/c1-24-15-20(27)26(19-10-6-3-7-11-19)17-22(24)12-13-25(16-22)21(28)23-14-18-8-4-2-5-9-18;3-2(4,5)1(6)7/h2-11H,12-17H2,1H3,(H,23,28);(H,6,7). The van der Waals surface area contributed by atoms with E-state index < -0.39 is 12.1 Å². The Kier molecular flexibility index (Phi) is 8.00. The molecule has 3 amide bonds. The quantitative estimate of drug-likeness (QED) is 0.688. The van der Waals surface area contributed by atoms with Gasteiger partial charge in [-0.1, -0.05) is 48.5 Å². The molecule has 1 unspecified atom stereocenters. The number of piperazine rings is 1. The van der Waals surface area contributed by atoms with Crippen molar-refractivity contribution in [3.8, 4) is 0 Å². The molecule has 0 bridgehead atoms. The molecule has 2 aliphatic rings. The normalized spacial score (nSPS) is 20.4. The Balaban J connectivity index is 0.000000429. The van der Waals surface area contributed by atoms with E-state index >= 15 is 0 Å². The molecule has 2 aromatic rings. The molecule has 2 fully saturated rings. The fourth-order valence-electron chi connectivity index (χ4n) is 4.16. The first kappa shape index (κ1) is 26.0. The lowest BCUT2D eigenvalue weighted by Crippen LogP contribution is -2.64. The van der Waals surface area contributed by atoms with Gasteiger partial charge in [0.2, 0.25) is 5.91 Å². The lowest BCUT2D eigenvalue weighted by atomic mass is 9.92. The van der Waals surface area contributed by atoms with Crippen LogP contribution in [0.1, 0.15) is 12.0 Å². The molecule has 2 heterocycles. The SMILES string of the molecule is CN1CC(=O)N(c2ccccc2)CC12CCN(C(=O)NCc1ccccc1)C2.O=C(O)C(F)(F)F. The highest BCUT2D eigenvalue weighted by Crippen LogP contribution is 2.33. The maximum atomic E-state index is 12.7. The van der Waals surface area contributed by atoms with Gasteiger partial charge < -0.3 is 20.2 Å². The number of alkyl halides is 3. The van der Waals surface area contributed by atoms with Crippen molar-refractivity contribution in [1.82, 2.24) is 15.1 Å². The van der Waals surface area contributed by atoms with Gasteiger partial charge in [0.1, 0.15) is 0 Å². The minimum atomic E-state index is -5.08. The van der Waals surface area contributed by atoms with Gasteiger partial charge in [0.15, 0.2) is 0 Å². The van der Waals surface area contributed by atoms with Gasteiger partial charge in [0.25, 0.3) is 0 Å². The number of rotatable bonds is 3. The van der Waals surface area contributed by atoms with Crippen LogP contribution in [-0.2, 0) is 16.1 Å². The molecule has 0 aromatic heterocycles. The Morgan fingerprint density at radius 3 is 2.17 bits per heavy atom. The first-order valence-electron chi connectivity index (χ1n) is 11.0. The van der Waals surface area contributed by atoms with Crippen LogP contribution in [0.5, 0.6) is 0 Å². The summed E-state index contributed by atoms with van der Waals surface area (Å²) in [6.07, 6.45) is -4.22. The fraction of sp³-hybridized carbons (Fsp3) is 0.375. The summed E-state index contributed by atoms with van der Waals surface area (Å²) in [4.78, 5) is 40.1. The van der Waals surface area contributed by atoms with Crippen LogP contribution in [0.4, 0.5) is 23.7 Å². The number of benzene rings is 2. The number of carboxylic acid groups (broad SMARTS) is 1. The Morgan fingerprint density at radius 1 is 1.03 bits per heavy atom. The summed E-state index contributed by atoms with van der Waals surface area (Å²) in [5.74, 6) is -2.65. The van der Waals surface area contributed by atoms with Gasteiger partial charge in [-0.15, -0.1) is 0 Å². The number of carbonyl (C=O) groups is 3. The van der Waals surface area contributed by atoms with Crippen molar-refractivity contribution in [2.45, 2.75) is 24.7 Å². The number of nitrogens with zero attached hydrogens (tertiary/aromatic N) is 3. The molecule has 2 saturated heterocycles. The average molecular weight is 492 g/mol. The van der Waals surface area contributed by atoms with Crippen LogP contribution in [0.25, 0.3) is 0 Å². The molecule has 188 valence electrons. The van der Waals surface area contributed by atoms with Gasteiger partial charge in [-0.3, -0.25) is 9.69 Å². The highest BCUT2D eigenvalue weighted by Gasteiger charge is 2.48. The van der Waals surface area contributed by atoms with E-state index in [2.05, 4.69) is 10.2 Å². The zero-order chi connectivity index (χ0) is 25.6. The number of likely N-dealkylation sites (N-methyl/N-ethyl adjacent to an activating group) is 1. The van der Waals surface area contributed by atoms with Gasteiger partial charge in [0.05, 0.1) is 12.1 Å². The van der Waals surface area contributed by atoms with Crippen molar-refractivity contribution >= 4 is 23.6 Å². The number of amides is 3. The van der Waals surface area contributed by atoms with Crippen LogP contribution in [0.15, 0.2) is 60.7 Å². The van der Waals surface area contributed by atoms with E-state index in [0.29, 0.717) is 32.7 Å². The third-order valence-electron chi connectivity index (χ3n) is 6.15. The predicted molar refractivity (Wildman–Crippen MR) is 123 cm³/mol. The molecule has 35 heavy (non-hydrogen) atoms. The largest absolute Gasteiger partial charge is 0.490 e. The number of para-hydroxylation sites is 1. The van der Waals surface area contributed by atoms with E-state index in [1.54, 1.807) is 0 Å². The van der Waals surface area contributed by atoms with Crippen LogP contribution < -0.4 is 10.2 Å². The van der Waals surface area contributed by atoms with Gasteiger partial charge in [0, 0.05) is 31.9 Å². The van der Waals surface area contributed by atoms with E-state index in [9.17, 15) is 22.8 Å². The summed E-state index contributed by atoms with van der Waals surface area (Å²) >= 11 is 0. The smallest absolute Gasteiger partial charge is 0.475 e. The van der Waals surface area contributed by atoms with Crippen molar-refractivity contribution in [3.63, 3.8) is 0 Å². The summed E-state index contributed by atoms with van der Waals surface area (Å²) in [6, 6.07) is 19.7. The molecule has 0 aliphatic carbocycles. The summed E-state index contributed by atoms with van der Waals surface area (Å²) in [7, 11) is 1.99. The zero-order valence-corrected chi connectivity index (χ0v) is 19.2. The second-order valence-electron chi connectivity index (χ2n) is 8.51. The van der Waals surface area contributed by atoms with Crippen molar-refractivity contribution in [2.24, 2.45) is 0 Å². The molecule has 4 rings (SSSR count). The number of likely N-dealkylation sites (tertiary alicyclic amines) is 1. The second kappa shape index (κ2) is 10.8. The zero-order valence-electron chi connectivity index (χ0n) is 19.2. The minimum Gasteiger partial charge on any atom is -0.475 e. The van der Waals surface area contributed by atoms with Crippen LogP contribution in [0.2, 0.25) is 0 Å². The van der Waals surface area contributed by atoms with Gasteiger partial charge in [-0.05, 0) is 31.2 Å². The third-order valence-corrected chi connectivity index (χ3v) is 6.15. The predicted octanol–water partition coefficient (Wildman–Crippen LogP) is 2.95. The maximum Gasteiger partial charge on any atom is 0.490 e. The Bertz CT molecular complexity index is 1040. The van der Waals surface area contributed by atoms with Crippen molar-refractivity contribution < 1.29 is 32.7 Å². The van der Waals surface area contributed by atoms with Crippen LogP contribution in [-0.4, -0.2) is 77.8 Å². The highest BCUT2D eigenvalue weighted by atomic mass is 19.4. The number of anilines is 1. The molecular weight excluding hydrogens is 465 g/mol. The first-order valence-corrected chi connectivity index (χ1v) is 11.0. The van der Waals surface area contributed by atoms with Gasteiger partial charge >= 0.3 is 18.2 Å². The van der Waals surface area contributed by atoms with E-state index in [-0.39, 0.29) is 17.5 Å². The van der Waals surface area contributed by atoms with E-state index in [0.717, 1.165) is 17.7 Å². The monoisotopic (exact) mass is 492 g/mol. The number of hydrogen-bond acceptors (Lipinski definition) is 4. The molecule has 0 saturated carbocycles. The number of hydrogen-bond donors (Lipinski definition) is 2. The number of carbonyl (C=O) groups excluding carboxylic acids is 2. The van der Waals surface area contributed by atoms with Crippen molar-refractivity contribution in [1.29, 1.82) is 0 Å². The third kappa shape index (κ3) is 6.50. The molecule has 1 spiro atoms. The summed E-state index contributed by atoms with van der Waals surface area (Å²) in [5, 5.41) is 10.1. The summed E-state index contributed by atoms with van der Waals surface area (Å²) in [5.41, 5.74) is 1.81. The molecule has 11 heteroatoms. The number of aliphatic carboxylic acids is 1. The number of nitrogens with one attached hydrogen (secondary N) is 1. The lowest BCUT2D eigenvalue weighted by Gasteiger charge is -2.46. The van der Waals surface area contributed by atoms with Crippen LogP contribution >= 0.6 is 0 Å². The van der Waals surface area contributed by atoms with Crippen LogP contribution in [0.3, 0.4) is 0 Å². The summed E-state index contributed by atoms with van der Waals surface area (Å²) in [6.45, 7) is 2.82. The minimum absolute atomic E-state index is 0.0442. The van der Waals surface area contributed by atoms with Gasteiger partial charge in [-0.25, -0.2) is 9.59 Å². The van der Waals surface area contributed by atoms with E-state index in [4.69, 9.17) is 9.90 Å². The Hall–Kier alpha value is -3.60. The lowest BCUT2D eigenvalue weighted by molar-refractivity contribution is -0.192. The fourth-order valence-corrected chi connectivity index (χ4v) is 4.16. The van der Waals surface area contributed by atoms with E-state index in [1.807, 2.05) is 77.5 Å². The molecule has 0 radical (unpaired) electrons. The number of carboxylic acids is 1.